The molecule has 1 aromatic carbocycles. The summed E-state index contributed by atoms with van der Waals surface area (Å²) >= 11 is 0. The first kappa shape index (κ1) is 28.4. The Morgan fingerprint density at radius 1 is 1.15 bits per heavy atom. The normalized spacial score (nSPS) is 22.2. The Balaban J connectivity index is 1.21. The average Bonchev–Trinajstić information content (AvgIpc) is 3.56. The molecule has 4 heterocycles. The van der Waals surface area contributed by atoms with E-state index in [9.17, 15) is 18.6 Å². The van der Waals surface area contributed by atoms with Gasteiger partial charge in [-0.1, -0.05) is 26.8 Å². The fourth-order valence-electron chi connectivity index (χ4n) is 4.99. The third kappa shape index (κ3) is 5.67. The second-order valence-corrected chi connectivity index (χ2v) is 13.4. The first-order valence-electron chi connectivity index (χ1n) is 13.2. The summed E-state index contributed by atoms with van der Waals surface area (Å²) < 4.78 is 33.9. The van der Waals surface area contributed by atoms with Gasteiger partial charge >= 0.3 is 0 Å². The number of anilines is 1. The van der Waals surface area contributed by atoms with Crippen molar-refractivity contribution in [3.8, 4) is 0 Å². The first-order valence-corrected chi connectivity index (χ1v) is 15.1. The number of sulfonamides is 1. The fourth-order valence-corrected chi connectivity index (χ4v) is 5.87. The zero-order chi connectivity index (χ0) is 28.8. The van der Waals surface area contributed by atoms with Crippen LogP contribution in [0.1, 0.15) is 51.2 Å². The van der Waals surface area contributed by atoms with Crippen molar-refractivity contribution in [1.29, 1.82) is 0 Å². The van der Waals surface area contributed by atoms with E-state index < -0.39 is 34.6 Å². The van der Waals surface area contributed by atoms with Crippen LogP contribution in [0.5, 0.6) is 0 Å². The number of nitrogens with zero attached hydrogens (tertiary/aromatic N) is 6. The van der Waals surface area contributed by atoms with Crippen LogP contribution < -0.4 is 5.73 Å². The van der Waals surface area contributed by atoms with E-state index in [0.717, 1.165) is 23.1 Å². The number of hydrogen-bond acceptors (Lipinski definition) is 10. The molecule has 1 aliphatic heterocycles. The molecule has 0 radical (unpaired) electrons. The van der Waals surface area contributed by atoms with Crippen LogP contribution in [0, 0.1) is 0 Å². The Bertz CT molecular complexity index is 1610. The first-order chi connectivity index (χ1) is 18.8. The molecule has 1 aliphatic rings. The summed E-state index contributed by atoms with van der Waals surface area (Å²) in [6, 6.07) is 6.24. The van der Waals surface area contributed by atoms with Crippen LogP contribution in [0.3, 0.4) is 0 Å². The molecule has 1 fully saturated rings. The van der Waals surface area contributed by atoms with E-state index in [0.29, 0.717) is 30.4 Å². The highest BCUT2D eigenvalue weighted by Gasteiger charge is 2.45. The van der Waals surface area contributed by atoms with E-state index in [1.165, 1.54) is 27.1 Å². The quantitative estimate of drug-likeness (QED) is 0.214. The summed E-state index contributed by atoms with van der Waals surface area (Å²) in [6.07, 6.45) is 1.11. The number of nitrogens with two attached hydrogens (primary N) is 1. The third-order valence-electron chi connectivity index (χ3n) is 7.32. The molecule has 40 heavy (non-hydrogen) atoms. The Labute approximate surface area is 232 Å². The molecule has 4 aromatic rings. The molecule has 3 aromatic heterocycles. The highest BCUT2D eigenvalue weighted by Crippen LogP contribution is 2.33. The molecule has 4 atom stereocenters. The molecule has 0 amide bonds. The van der Waals surface area contributed by atoms with Crippen molar-refractivity contribution >= 4 is 38.0 Å². The zero-order valence-electron chi connectivity index (χ0n) is 23.0. The van der Waals surface area contributed by atoms with Crippen LogP contribution in [-0.4, -0.2) is 90.1 Å². The maximum Gasteiger partial charge on any atom is 0.211 e. The van der Waals surface area contributed by atoms with Crippen LogP contribution in [-0.2, 0) is 26.6 Å². The van der Waals surface area contributed by atoms with Crippen molar-refractivity contribution < 1.29 is 23.4 Å². The van der Waals surface area contributed by atoms with E-state index in [4.69, 9.17) is 10.5 Å². The topological polar surface area (TPSA) is 185 Å². The zero-order valence-corrected chi connectivity index (χ0v) is 23.8. The van der Waals surface area contributed by atoms with Gasteiger partial charge in [0.25, 0.3) is 0 Å². The number of nitrogens with one attached hydrogen (secondary N) is 1. The summed E-state index contributed by atoms with van der Waals surface area (Å²) in [4.78, 5) is 20.3. The number of aryl methyl sites for hydroxylation is 1. The molecular formula is C26H36N8O5S. The molecule has 0 bridgehead atoms. The van der Waals surface area contributed by atoms with E-state index in [2.05, 4.69) is 57.8 Å². The Kier molecular flexibility index (Phi) is 7.56. The minimum absolute atomic E-state index is 0.0379. The van der Waals surface area contributed by atoms with Crippen molar-refractivity contribution in [3.63, 3.8) is 0 Å². The van der Waals surface area contributed by atoms with Crippen molar-refractivity contribution in [3.05, 3.63) is 42.2 Å². The minimum atomic E-state index is -3.61. The smallest absolute Gasteiger partial charge is 0.211 e. The molecule has 13 nitrogen and oxygen atoms in total. The predicted octanol–water partition coefficient (Wildman–Crippen LogP) is 1.49. The van der Waals surface area contributed by atoms with Crippen LogP contribution >= 0.6 is 0 Å². The SMILES string of the molecule is CC(C)(C)c1ccc2nc(CCCCN(CC3OC(n4cnc5c(N)ncnc54)C(O)C3O)S(C)(=O)=O)[nH]c2c1. The summed E-state index contributed by atoms with van der Waals surface area (Å²) in [5.74, 6) is 1.03. The van der Waals surface area contributed by atoms with Gasteiger partial charge in [-0.2, -0.15) is 4.31 Å². The number of hydrogen-bond donors (Lipinski definition) is 4. The van der Waals surface area contributed by atoms with Gasteiger partial charge in [-0.25, -0.2) is 28.4 Å². The molecular weight excluding hydrogens is 536 g/mol. The van der Waals surface area contributed by atoms with Gasteiger partial charge in [-0.05, 0) is 36.0 Å². The van der Waals surface area contributed by atoms with E-state index in [1.807, 2.05) is 6.07 Å². The highest BCUT2D eigenvalue weighted by molar-refractivity contribution is 7.88. The van der Waals surface area contributed by atoms with Crippen molar-refractivity contribution in [2.75, 3.05) is 25.1 Å². The molecule has 5 N–H and O–H groups in total. The largest absolute Gasteiger partial charge is 0.387 e. The summed E-state index contributed by atoms with van der Waals surface area (Å²) in [7, 11) is -3.61. The lowest BCUT2D eigenvalue weighted by atomic mass is 9.87. The third-order valence-corrected chi connectivity index (χ3v) is 8.59. The van der Waals surface area contributed by atoms with Gasteiger partial charge in [-0.15, -0.1) is 0 Å². The Morgan fingerprint density at radius 3 is 2.65 bits per heavy atom. The Hall–Kier alpha value is -3.17. The second-order valence-electron chi connectivity index (χ2n) is 11.4. The summed E-state index contributed by atoms with van der Waals surface area (Å²) in [5, 5.41) is 21.5. The molecule has 4 unspecified atom stereocenters. The molecule has 0 spiro atoms. The number of aromatic amines is 1. The number of unbranched alkanes of at least 4 members (excludes halogenated alkanes) is 1. The van der Waals surface area contributed by atoms with Gasteiger partial charge in [-0.3, -0.25) is 4.57 Å². The molecule has 5 rings (SSSR count). The number of rotatable bonds is 9. The van der Waals surface area contributed by atoms with Crippen molar-refractivity contribution in [1.82, 2.24) is 33.8 Å². The van der Waals surface area contributed by atoms with Gasteiger partial charge in [0.05, 0.1) is 23.6 Å². The van der Waals surface area contributed by atoms with Gasteiger partial charge in [0.15, 0.2) is 17.7 Å². The predicted molar refractivity (Wildman–Crippen MR) is 150 cm³/mol. The fraction of sp³-hybridized carbons (Fsp3) is 0.538. The van der Waals surface area contributed by atoms with Crippen LogP contribution in [0.25, 0.3) is 22.2 Å². The number of nitrogen functional groups attached to an aromatic ring is 1. The average molecular weight is 573 g/mol. The Morgan fingerprint density at radius 2 is 1.93 bits per heavy atom. The van der Waals surface area contributed by atoms with Gasteiger partial charge in [0.1, 0.15) is 36.0 Å². The molecule has 216 valence electrons. The van der Waals surface area contributed by atoms with Crippen LogP contribution in [0.2, 0.25) is 0 Å². The number of aliphatic hydroxyl groups excluding tert-OH is 2. The summed E-state index contributed by atoms with van der Waals surface area (Å²) in [5.41, 5.74) is 9.68. The van der Waals surface area contributed by atoms with E-state index in [1.54, 1.807) is 0 Å². The number of benzene rings is 1. The molecule has 1 saturated heterocycles. The number of imidazole rings is 2. The maximum absolute atomic E-state index is 12.6. The molecule has 0 saturated carbocycles. The maximum atomic E-state index is 12.6. The standard InChI is InChI=1S/C26H36N8O5S/c1-26(2,3)15-8-9-16-17(11-15)32-19(31-16)7-5-6-10-33(40(4,37)38)12-18-21(35)22(36)25(39-18)34-14-30-20-23(27)28-13-29-24(20)34/h8-9,11,13-14,18,21-22,25,35-36H,5-7,10,12H2,1-4H3,(H,31,32)(H2,27,28,29). The van der Waals surface area contributed by atoms with E-state index >= 15 is 0 Å². The number of fused-ring (bicyclic) bond motifs is 2. The monoisotopic (exact) mass is 572 g/mol. The highest BCUT2D eigenvalue weighted by atomic mass is 32.2. The van der Waals surface area contributed by atoms with Crippen molar-refractivity contribution in [2.45, 2.75) is 70.0 Å². The number of aromatic nitrogens is 6. The lowest BCUT2D eigenvalue weighted by Crippen LogP contribution is -2.42. The lowest BCUT2D eigenvalue weighted by Gasteiger charge is -2.24. The molecule has 0 aliphatic carbocycles. The minimum Gasteiger partial charge on any atom is -0.387 e. The van der Waals surface area contributed by atoms with Crippen LogP contribution in [0.15, 0.2) is 30.9 Å². The summed E-state index contributed by atoms with van der Waals surface area (Å²) in [6.45, 7) is 6.62. The molecule has 14 heteroatoms. The number of aliphatic hydroxyl groups is 2. The van der Waals surface area contributed by atoms with Crippen molar-refractivity contribution in [2.24, 2.45) is 0 Å². The number of H-pyrrole nitrogens is 1. The van der Waals surface area contributed by atoms with Gasteiger partial charge in [0, 0.05) is 19.5 Å². The van der Waals surface area contributed by atoms with E-state index in [-0.39, 0.29) is 24.3 Å². The number of ether oxygens (including phenoxy) is 1. The lowest BCUT2D eigenvalue weighted by molar-refractivity contribution is -0.0386. The van der Waals surface area contributed by atoms with Gasteiger partial charge < -0.3 is 25.7 Å². The second kappa shape index (κ2) is 10.7. The van der Waals surface area contributed by atoms with Crippen LogP contribution in [0.4, 0.5) is 5.82 Å². The van der Waals surface area contributed by atoms with Gasteiger partial charge in [0.2, 0.25) is 10.0 Å².